The molecule has 3 N–H and O–H groups in total. The van der Waals surface area contributed by atoms with E-state index in [1.165, 1.54) is 10.4 Å². The highest BCUT2D eigenvalue weighted by atomic mass is 32.1. The SMILES string of the molecule is NNC(CCCc1cccs1)Cc1cccnc1. The van der Waals surface area contributed by atoms with E-state index in [-0.39, 0.29) is 0 Å². The van der Waals surface area contributed by atoms with E-state index >= 15 is 0 Å². The van der Waals surface area contributed by atoms with Gasteiger partial charge in [0.1, 0.15) is 0 Å². The van der Waals surface area contributed by atoms with Crippen molar-refractivity contribution in [2.75, 3.05) is 0 Å². The molecule has 0 saturated carbocycles. The first-order chi connectivity index (χ1) is 8.88. The molecule has 3 nitrogen and oxygen atoms in total. The molecule has 0 aromatic carbocycles. The molecule has 2 aromatic heterocycles. The minimum atomic E-state index is 0.328. The van der Waals surface area contributed by atoms with Gasteiger partial charge in [-0.3, -0.25) is 16.3 Å². The van der Waals surface area contributed by atoms with Crippen LogP contribution in [-0.2, 0) is 12.8 Å². The molecular formula is C14H19N3S. The van der Waals surface area contributed by atoms with E-state index < -0.39 is 0 Å². The van der Waals surface area contributed by atoms with Crippen molar-refractivity contribution in [2.45, 2.75) is 31.7 Å². The Morgan fingerprint density at radius 3 is 2.94 bits per heavy atom. The molecule has 0 spiro atoms. The topological polar surface area (TPSA) is 50.9 Å². The minimum absolute atomic E-state index is 0.328. The molecule has 2 heterocycles. The van der Waals surface area contributed by atoms with E-state index in [1.54, 1.807) is 6.20 Å². The molecule has 4 heteroatoms. The van der Waals surface area contributed by atoms with Gasteiger partial charge in [0.25, 0.3) is 0 Å². The Morgan fingerprint density at radius 2 is 2.28 bits per heavy atom. The second-order valence-electron chi connectivity index (χ2n) is 4.40. The molecule has 0 saturated heterocycles. The van der Waals surface area contributed by atoms with Crippen LogP contribution in [0.15, 0.2) is 42.0 Å². The highest BCUT2D eigenvalue weighted by Gasteiger charge is 2.07. The number of nitrogens with zero attached hydrogens (tertiary/aromatic N) is 1. The molecule has 2 rings (SSSR count). The van der Waals surface area contributed by atoms with Crippen LogP contribution in [0.2, 0.25) is 0 Å². The first-order valence-corrected chi connectivity index (χ1v) is 7.14. The second kappa shape index (κ2) is 7.26. The molecule has 0 radical (unpaired) electrons. The van der Waals surface area contributed by atoms with Crippen molar-refractivity contribution in [1.82, 2.24) is 10.4 Å². The number of aryl methyl sites for hydroxylation is 1. The molecule has 1 unspecified atom stereocenters. The summed E-state index contributed by atoms with van der Waals surface area (Å²) in [6.07, 6.45) is 8.03. The lowest BCUT2D eigenvalue weighted by molar-refractivity contribution is 0.476. The second-order valence-corrected chi connectivity index (χ2v) is 5.43. The van der Waals surface area contributed by atoms with Crippen LogP contribution in [0.3, 0.4) is 0 Å². The first kappa shape index (κ1) is 13.2. The highest BCUT2D eigenvalue weighted by Crippen LogP contribution is 2.14. The molecule has 2 aromatic rings. The van der Waals surface area contributed by atoms with Gasteiger partial charge in [0, 0.05) is 23.3 Å². The Morgan fingerprint density at radius 1 is 1.33 bits per heavy atom. The fraction of sp³-hybridized carbons (Fsp3) is 0.357. The third-order valence-corrected chi connectivity index (χ3v) is 3.93. The van der Waals surface area contributed by atoms with Crippen LogP contribution in [0.25, 0.3) is 0 Å². The molecule has 0 aliphatic rings. The Hall–Kier alpha value is -1.23. The summed E-state index contributed by atoms with van der Waals surface area (Å²) in [5, 5.41) is 2.13. The molecule has 0 aliphatic carbocycles. The Kier molecular flexibility index (Phi) is 5.33. The number of hydrogen-bond donors (Lipinski definition) is 2. The molecule has 1 atom stereocenters. The van der Waals surface area contributed by atoms with Gasteiger partial charge in [-0.2, -0.15) is 0 Å². The monoisotopic (exact) mass is 261 g/mol. The summed E-state index contributed by atoms with van der Waals surface area (Å²) in [6, 6.07) is 8.69. The van der Waals surface area contributed by atoms with Gasteiger partial charge in [0.2, 0.25) is 0 Å². The molecular weight excluding hydrogens is 242 g/mol. The van der Waals surface area contributed by atoms with E-state index in [2.05, 4.69) is 34.0 Å². The third kappa shape index (κ3) is 4.22. The van der Waals surface area contributed by atoms with Gasteiger partial charge in [-0.1, -0.05) is 12.1 Å². The number of hydrogen-bond acceptors (Lipinski definition) is 4. The van der Waals surface area contributed by atoms with Crippen LogP contribution in [0, 0.1) is 0 Å². The van der Waals surface area contributed by atoms with Crippen molar-refractivity contribution >= 4 is 11.3 Å². The zero-order valence-corrected chi connectivity index (χ0v) is 11.2. The van der Waals surface area contributed by atoms with E-state index in [0.717, 1.165) is 25.7 Å². The smallest absolute Gasteiger partial charge is 0.0300 e. The molecule has 18 heavy (non-hydrogen) atoms. The van der Waals surface area contributed by atoms with Gasteiger partial charge in [-0.25, -0.2) is 0 Å². The average molecular weight is 261 g/mol. The van der Waals surface area contributed by atoms with Gasteiger partial charge in [-0.05, 0) is 48.8 Å². The maximum absolute atomic E-state index is 5.61. The number of hydrazine groups is 1. The number of aromatic nitrogens is 1. The van der Waals surface area contributed by atoms with Gasteiger partial charge in [0.15, 0.2) is 0 Å². The number of pyridine rings is 1. The zero-order valence-electron chi connectivity index (χ0n) is 10.4. The summed E-state index contributed by atoms with van der Waals surface area (Å²) < 4.78 is 0. The summed E-state index contributed by atoms with van der Waals surface area (Å²) in [6.45, 7) is 0. The number of nitrogens with two attached hydrogens (primary N) is 1. The van der Waals surface area contributed by atoms with E-state index in [4.69, 9.17) is 5.84 Å². The van der Waals surface area contributed by atoms with Crippen LogP contribution in [0.1, 0.15) is 23.3 Å². The lowest BCUT2D eigenvalue weighted by Gasteiger charge is -2.15. The highest BCUT2D eigenvalue weighted by molar-refractivity contribution is 7.09. The summed E-state index contributed by atoms with van der Waals surface area (Å²) >= 11 is 1.82. The van der Waals surface area contributed by atoms with Gasteiger partial charge in [0.05, 0.1) is 0 Å². The van der Waals surface area contributed by atoms with Crippen molar-refractivity contribution in [3.8, 4) is 0 Å². The Balaban J connectivity index is 1.75. The van der Waals surface area contributed by atoms with Crippen LogP contribution in [0.4, 0.5) is 0 Å². The van der Waals surface area contributed by atoms with Crippen LogP contribution in [-0.4, -0.2) is 11.0 Å². The standard InChI is InChI=1S/C14H19N3S/c15-17-13(10-12-4-2-8-16-11-12)5-1-6-14-7-3-9-18-14/h2-4,7-9,11,13,17H,1,5-6,10,15H2. The molecule has 0 aliphatic heterocycles. The summed E-state index contributed by atoms with van der Waals surface area (Å²) in [7, 11) is 0. The van der Waals surface area contributed by atoms with E-state index in [9.17, 15) is 0 Å². The van der Waals surface area contributed by atoms with Crippen molar-refractivity contribution in [3.05, 3.63) is 52.5 Å². The Labute approximate surface area is 112 Å². The lowest BCUT2D eigenvalue weighted by Crippen LogP contribution is -2.36. The van der Waals surface area contributed by atoms with Gasteiger partial charge >= 0.3 is 0 Å². The third-order valence-electron chi connectivity index (χ3n) is 3.00. The van der Waals surface area contributed by atoms with Crippen LogP contribution in [0.5, 0.6) is 0 Å². The van der Waals surface area contributed by atoms with Crippen molar-refractivity contribution < 1.29 is 0 Å². The van der Waals surface area contributed by atoms with Gasteiger partial charge < -0.3 is 0 Å². The lowest BCUT2D eigenvalue weighted by atomic mass is 10.0. The minimum Gasteiger partial charge on any atom is -0.271 e. The normalized spacial score (nSPS) is 12.5. The summed E-state index contributed by atoms with van der Waals surface area (Å²) in [4.78, 5) is 5.58. The number of nitrogens with one attached hydrogen (secondary N) is 1. The molecule has 0 bridgehead atoms. The van der Waals surface area contributed by atoms with Crippen molar-refractivity contribution in [1.29, 1.82) is 0 Å². The zero-order chi connectivity index (χ0) is 12.6. The quantitative estimate of drug-likeness (QED) is 0.595. The largest absolute Gasteiger partial charge is 0.271 e. The van der Waals surface area contributed by atoms with Crippen molar-refractivity contribution in [2.24, 2.45) is 5.84 Å². The number of rotatable bonds is 7. The molecule has 0 amide bonds. The van der Waals surface area contributed by atoms with Crippen molar-refractivity contribution in [3.63, 3.8) is 0 Å². The summed E-state index contributed by atoms with van der Waals surface area (Å²) in [5.74, 6) is 5.61. The number of thiophene rings is 1. The van der Waals surface area contributed by atoms with E-state index in [0.29, 0.717) is 6.04 Å². The Bertz CT molecular complexity index is 428. The molecule has 0 fully saturated rings. The summed E-state index contributed by atoms with van der Waals surface area (Å²) in [5.41, 5.74) is 4.14. The fourth-order valence-electron chi connectivity index (χ4n) is 2.03. The van der Waals surface area contributed by atoms with Crippen LogP contribution >= 0.6 is 11.3 Å². The average Bonchev–Trinajstić information content (AvgIpc) is 2.92. The first-order valence-electron chi connectivity index (χ1n) is 6.26. The van der Waals surface area contributed by atoms with Gasteiger partial charge in [-0.15, -0.1) is 11.3 Å². The predicted molar refractivity (Wildman–Crippen MR) is 76.3 cm³/mol. The molecule has 96 valence electrons. The fourth-order valence-corrected chi connectivity index (χ4v) is 2.78. The maximum Gasteiger partial charge on any atom is 0.0300 e. The van der Waals surface area contributed by atoms with Crippen LogP contribution < -0.4 is 11.3 Å². The maximum atomic E-state index is 5.61. The van der Waals surface area contributed by atoms with E-state index in [1.807, 2.05) is 23.6 Å². The predicted octanol–water partition coefficient (Wildman–Crippen LogP) is 2.54.